The second-order valence-electron chi connectivity index (χ2n) is 2.80. The Kier molecular flexibility index (Phi) is 7.00. The Hall–Kier alpha value is -1.56. The quantitative estimate of drug-likeness (QED) is 0.272. The largest absolute Gasteiger partial charge is 0.392 e. The van der Waals surface area contributed by atoms with E-state index in [0.717, 1.165) is 6.29 Å². The summed E-state index contributed by atoms with van der Waals surface area (Å²) < 4.78 is 0. The van der Waals surface area contributed by atoms with E-state index < -0.39 is 0 Å². The lowest BCUT2D eigenvalue weighted by Crippen LogP contribution is -2.39. The topological polar surface area (TPSA) is 73.5 Å². The van der Waals surface area contributed by atoms with Gasteiger partial charge in [0.1, 0.15) is 12.0 Å². The molecule has 0 bridgehead atoms. The molecule has 86 valence electrons. The van der Waals surface area contributed by atoms with Crippen molar-refractivity contribution in [2.24, 2.45) is 0 Å². The minimum atomic E-state index is -0.235. The molecule has 0 aliphatic heterocycles. The highest BCUT2D eigenvalue weighted by molar-refractivity contribution is 5.92. The maximum Gasteiger partial charge on any atom is 0.268 e. The Morgan fingerprint density at radius 1 is 1.33 bits per heavy atom. The monoisotopic (exact) mass is 214 g/mol. The van der Waals surface area contributed by atoms with E-state index in [1.165, 1.54) is 0 Å². The number of amides is 1. The minimum Gasteiger partial charge on any atom is -0.392 e. The maximum atomic E-state index is 11.5. The van der Waals surface area contributed by atoms with Crippen LogP contribution in [0.4, 0.5) is 0 Å². The molecule has 6 nitrogen and oxygen atoms in total. The zero-order valence-corrected chi connectivity index (χ0v) is 9.33. The molecule has 0 aromatic carbocycles. The van der Waals surface area contributed by atoms with Crippen molar-refractivity contribution in [3.8, 4) is 0 Å². The number of likely N-dealkylation sites (N-methyl/N-ethyl adjacent to an activating group) is 1. The highest BCUT2D eigenvalue weighted by Crippen LogP contribution is 2.00. The van der Waals surface area contributed by atoms with Crippen molar-refractivity contribution in [3.63, 3.8) is 0 Å². The van der Waals surface area contributed by atoms with Crippen LogP contribution in [-0.2, 0) is 9.59 Å². The predicted octanol–water partition coefficient (Wildman–Crippen LogP) is -1.53. The third-order valence-corrected chi connectivity index (χ3v) is 1.73. The van der Waals surface area contributed by atoms with Gasteiger partial charge in [0.2, 0.25) is 0 Å². The van der Waals surface area contributed by atoms with Crippen LogP contribution >= 0.6 is 0 Å². The Labute approximate surface area is 89.7 Å². The zero-order chi connectivity index (χ0) is 11.7. The number of nitrogens with zero attached hydrogens (tertiary/aromatic N) is 1. The van der Waals surface area contributed by atoms with Gasteiger partial charge in [-0.15, -0.1) is 0 Å². The normalized spacial score (nSPS) is 10.7. The van der Waals surface area contributed by atoms with Gasteiger partial charge < -0.3 is 25.6 Å². The van der Waals surface area contributed by atoms with E-state index in [-0.39, 0.29) is 12.5 Å². The van der Waals surface area contributed by atoms with Crippen molar-refractivity contribution in [3.05, 3.63) is 11.9 Å². The van der Waals surface area contributed by atoms with Crippen molar-refractivity contribution in [1.82, 2.24) is 20.9 Å². The Morgan fingerprint density at radius 3 is 2.40 bits per heavy atom. The third-order valence-electron chi connectivity index (χ3n) is 1.73. The first-order valence-corrected chi connectivity index (χ1v) is 4.64. The molecule has 0 aliphatic carbocycles. The zero-order valence-electron chi connectivity index (χ0n) is 9.33. The Morgan fingerprint density at radius 2 is 2.00 bits per heavy atom. The summed E-state index contributed by atoms with van der Waals surface area (Å²) >= 11 is 0. The number of hydrogen-bond acceptors (Lipinski definition) is 5. The van der Waals surface area contributed by atoms with E-state index in [0.29, 0.717) is 12.4 Å². The molecule has 6 heteroatoms. The van der Waals surface area contributed by atoms with Crippen LogP contribution in [0.5, 0.6) is 0 Å². The fraction of sp³-hybridized carbons (Fsp3) is 0.556. The smallest absolute Gasteiger partial charge is 0.268 e. The van der Waals surface area contributed by atoms with Gasteiger partial charge in [-0.05, 0) is 7.05 Å². The van der Waals surface area contributed by atoms with Crippen molar-refractivity contribution < 1.29 is 9.59 Å². The average Bonchev–Trinajstić information content (AvgIpc) is 2.25. The van der Waals surface area contributed by atoms with E-state index in [1.807, 2.05) is 0 Å². The van der Waals surface area contributed by atoms with Gasteiger partial charge in [0, 0.05) is 20.3 Å². The molecule has 0 aliphatic rings. The molecule has 0 fully saturated rings. The second-order valence-corrected chi connectivity index (χ2v) is 2.80. The Balaban J connectivity index is 4.74. The summed E-state index contributed by atoms with van der Waals surface area (Å²) in [7, 11) is 4.99. The molecule has 1 amide bonds. The summed E-state index contributed by atoms with van der Waals surface area (Å²) in [5.74, 6) is -0.235. The molecule has 0 aromatic heterocycles. The summed E-state index contributed by atoms with van der Waals surface area (Å²) in [6, 6.07) is 0. The first-order chi connectivity index (χ1) is 7.21. The summed E-state index contributed by atoms with van der Waals surface area (Å²) in [5, 5.41) is 8.18. The van der Waals surface area contributed by atoms with E-state index in [2.05, 4.69) is 16.0 Å². The van der Waals surface area contributed by atoms with Crippen LogP contribution in [-0.4, -0.2) is 51.4 Å². The molecule has 3 N–H and O–H groups in total. The SMILES string of the molecule is CN/C=C(\C(=O)NC)N(CC=O)CNC. The maximum absolute atomic E-state index is 11.5. The molecule has 0 heterocycles. The molecule has 0 aromatic rings. The van der Waals surface area contributed by atoms with E-state index >= 15 is 0 Å². The van der Waals surface area contributed by atoms with Crippen LogP contribution in [0.3, 0.4) is 0 Å². The van der Waals surface area contributed by atoms with Crippen LogP contribution in [0.1, 0.15) is 0 Å². The molecular weight excluding hydrogens is 196 g/mol. The predicted molar refractivity (Wildman–Crippen MR) is 57.9 cm³/mol. The molecule has 0 saturated carbocycles. The van der Waals surface area contributed by atoms with Gasteiger partial charge in [-0.2, -0.15) is 0 Å². The lowest BCUT2D eigenvalue weighted by atomic mass is 10.3. The van der Waals surface area contributed by atoms with Crippen LogP contribution in [0.2, 0.25) is 0 Å². The van der Waals surface area contributed by atoms with Gasteiger partial charge in [0.15, 0.2) is 0 Å². The molecule has 0 saturated heterocycles. The lowest BCUT2D eigenvalue weighted by Gasteiger charge is -2.23. The molecule has 0 unspecified atom stereocenters. The Bertz CT molecular complexity index is 240. The molecule has 0 spiro atoms. The average molecular weight is 214 g/mol. The molecule has 0 radical (unpaired) electrons. The molecular formula is C9H18N4O2. The summed E-state index contributed by atoms with van der Waals surface area (Å²) in [6.07, 6.45) is 2.31. The summed E-state index contributed by atoms with van der Waals surface area (Å²) in [4.78, 5) is 23.6. The van der Waals surface area contributed by atoms with E-state index in [1.54, 1.807) is 32.2 Å². The van der Waals surface area contributed by atoms with Gasteiger partial charge in [-0.25, -0.2) is 0 Å². The van der Waals surface area contributed by atoms with Gasteiger partial charge in [0.25, 0.3) is 5.91 Å². The minimum absolute atomic E-state index is 0.168. The molecule has 0 atom stereocenters. The van der Waals surface area contributed by atoms with Crippen LogP contribution in [0.25, 0.3) is 0 Å². The summed E-state index contributed by atoms with van der Waals surface area (Å²) in [6.45, 7) is 0.599. The van der Waals surface area contributed by atoms with E-state index in [9.17, 15) is 9.59 Å². The molecule has 15 heavy (non-hydrogen) atoms. The van der Waals surface area contributed by atoms with Crippen molar-refractivity contribution in [1.29, 1.82) is 0 Å². The number of carbonyl (C=O) groups is 2. The second kappa shape index (κ2) is 7.81. The van der Waals surface area contributed by atoms with Crippen molar-refractivity contribution in [2.75, 3.05) is 34.4 Å². The standard InChI is InChI=1S/C9H18N4O2/c1-10-6-8(9(15)12-3)13(4-5-14)7-11-2/h5-6,10-11H,4,7H2,1-3H3,(H,12,15)/b8-6+. The fourth-order valence-electron chi connectivity index (χ4n) is 1.09. The summed E-state index contributed by atoms with van der Waals surface area (Å²) in [5.41, 5.74) is 0.418. The van der Waals surface area contributed by atoms with Crippen molar-refractivity contribution >= 4 is 12.2 Å². The molecule has 0 rings (SSSR count). The van der Waals surface area contributed by atoms with Crippen LogP contribution in [0.15, 0.2) is 11.9 Å². The van der Waals surface area contributed by atoms with Gasteiger partial charge in [-0.3, -0.25) is 4.79 Å². The lowest BCUT2D eigenvalue weighted by molar-refractivity contribution is -0.118. The van der Waals surface area contributed by atoms with Crippen molar-refractivity contribution in [2.45, 2.75) is 0 Å². The van der Waals surface area contributed by atoms with Gasteiger partial charge in [0.05, 0.1) is 13.2 Å². The first-order valence-electron chi connectivity index (χ1n) is 4.64. The highest BCUT2D eigenvalue weighted by Gasteiger charge is 2.14. The number of aldehydes is 1. The van der Waals surface area contributed by atoms with Gasteiger partial charge in [-0.1, -0.05) is 0 Å². The van der Waals surface area contributed by atoms with Crippen LogP contribution in [0, 0.1) is 0 Å². The highest BCUT2D eigenvalue weighted by atomic mass is 16.2. The number of carbonyl (C=O) groups excluding carboxylic acids is 2. The number of rotatable bonds is 7. The first kappa shape index (κ1) is 13.4. The number of nitrogens with one attached hydrogen (secondary N) is 3. The number of hydrogen-bond donors (Lipinski definition) is 3. The third kappa shape index (κ3) is 4.46. The van der Waals surface area contributed by atoms with Crippen LogP contribution < -0.4 is 16.0 Å². The van der Waals surface area contributed by atoms with E-state index in [4.69, 9.17) is 0 Å². The van der Waals surface area contributed by atoms with Gasteiger partial charge >= 0.3 is 0 Å². The fourth-order valence-corrected chi connectivity index (χ4v) is 1.09.